The molecule has 0 radical (unpaired) electrons. The van der Waals surface area contributed by atoms with Gasteiger partial charge in [-0.1, -0.05) is 12.1 Å². The van der Waals surface area contributed by atoms with Crippen molar-refractivity contribution >= 4 is 10.0 Å². The predicted molar refractivity (Wildman–Crippen MR) is 63.3 cm³/mol. The summed E-state index contributed by atoms with van der Waals surface area (Å²) >= 11 is 0. The van der Waals surface area contributed by atoms with Crippen LogP contribution in [-0.2, 0) is 10.0 Å². The number of nitrogens with one attached hydrogen (secondary N) is 1. The topological polar surface area (TPSA) is 72.2 Å². The molecule has 2 atom stereocenters. The SMILES string of the molecule is NS(=O)(=O)C1CCC(c2cccc(F)c2)NC1. The van der Waals surface area contributed by atoms with Crippen LogP contribution in [0.1, 0.15) is 24.4 Å². The van der Waals surface area contributed by atoms with E-state index in [2.05, 4.69) is 5.32 Å². The van der Waals surface area contributed by atoms with Gasteiger partial charge in [0.15, 0.2) is 0 Å². The minimum absolute atomic E-state index is 0.00343. The number of sulfonamides is 1. The van der Waals surface area contributed by atoms with Crippen molar-refractivity contribution in [2.45, 2.75) is 24.1 Å². The van der Waals surface area contributed by atoms with E-state index in [4.69, 9.17) is 5.14 Å². The smallest absolute Gasteiger partial charge is 0.213 e. The van der Waals surface area contributed by atoms with E-state index >= 15 is 0 Å². The van der Waals surface area contributed by atoms with Gasteiger partial charge in [-0.25, -0.2) is 17.9 Å². The normalized spacial score (nSPS) is 25.8. The Balaban J connectivity index is 2.05. The third-order valence-electron chi connectivity index (χ3n) is 3.08. The molecule has 2 unspecified atom stereocenters. The highest BCUT2D eigenvalue weighted by atomic mass is 32.2. The van der Waals surface area contributed by atoms with Gasteiger partial charge in [0, 0.05) is 12.6 Å². The lowest BCUT2D eigenvalue weighted by atomic mass is 9.97. The van der Waals surface area contributed by atoms with Crippen molar-refractivity contribution < 1.29 is 12.8 Å². The van der Waals surface area contributed by atoms with Gasteiger partial charge in [0.25, 0.3) is 0 Å². The van der Waals surface area contributed by atoms with Crippen molar-refractivity contribution in [2.75, 3.05) is 6.54 Å². The summed E-state index contributed by atoms with van der Waals surface area (Å²) in [4.78, 5) is 0. The number of benzene rings is 1. The molecule has 0 spiro atoms. The van der Waals surface area contributed by atoms with Crippen LogP contribution >= 0.6 is 0 Å². The summed E-state index contributed by atoms with van der Waals surface area (Å²) in [7, 11) is -3.48. The fraction of sp³-hybridized carbons (Fsp3) is 0.455. The fourth-order valence-electron chi connectivity index (χ4n) is 2.12. The molecule has 0 aromatic heterocycles. The van der Waals surface area contributed by atoms with Gasteiger partial charge in [-0.05, 0) is 30.5 Å². The maximum Gasteiger partial charge on any atom is 0.213 e. The summed E-state index contributed by atoms with van der Waals surface area (Å²) in [6.45, 7) is 0.319. The Morgan fingerprint density at radius 1 is 1.35 bits per heavy atom. The zero-order chi connectivity index (χ0) is 12.5. The molecule has 1 fully saturated rings. The van der Waals surface area contributed by atoms with Crippen LogP contribution < -0.4 is 10.5 Å². The summed E-state index contributed by atoms with van der Waals surface area (Å²) in [6.07, 6.45) is 1.15. The Labute approximate surface area is 100 Å². The van der Waals surface area contributed by atoms with Gasteiger partial charge in [0.1, 0.15) is 5.82 Å². The van der Waals surface area contributed by atoms with Gasteiger partial charge in [0.2, 0.25) is 10.0 Å². The lowest BCUT2D eigenvalue weighted by Crippen LogP contribution is -2.43. The minimum Gasteiger partial charge on any atom is -0.309 e. The Morgan fingerprint density at radius 3 is 2.65 bits per heavy atom. The van der Waals surface area contributed by atoms with E-state index in [0.717, 1.165) is 5.56 Å². The number of primary sulfonamides is 1. The van der Waals surface area contributed by atoms with Crippen molar-refractivity contribution in [3.05, 3.63) is 35.6 Å². The summed E-state index contributed by atoms with van der Waals surface area (Å²) in [5.41, 5.74) is 0.845. The van der Waals surface area contributed by atoms with Crippen LogP contribution in [0.5, 0.6) is 0 Å². The highest BCUT2D eigenvalue weighted by Crippen LogP contribution is 2.25. The second-order valence-electron chi connectivity index (χ2n) is 4.30. The molecule has 1 aliphatic heterocycles. The molecule has 1 heterocycles. The first kappa shape index (κ1) is 12.5. The van der Waals surface area contributed by atoms with Crippen LogP contribution in [0.15, 0.2) is 24.3 Å². The molecule has 1 aromatic rings. The van der Waals surface area contributed by atoms with Gasteiger partial charge < -0.3 is 5.32 Å². The third-order valence-corrected chi connectivity index (χ3v) is 4.42. The number of hydrogen-bond acceptors (Lipinski definition) is 3. The molecule has 0 saturated carbocycles. The summed E-state index contributed by atoms with van der Waals surface area (Å²) in [5.74, 6) is -0.280. The number of nitrogens with two attached hydrogens (primary N) is 1. The maximum absolute atomic E-state index is 13.0. The van der Waals surface area contributed by atoms with E-state index in [1.54, 1.807) is 6.07 Å². The zero-order valence-corrected chi connectivity index (χ0v) is 10.1. The molecule has 1 aliphatic rings. The van der Waals surface area contributed by atoms with E-state index < -0.39 is 15.3 Å². The van der Waals surface area contributed by atoms with Gasteiger partial charge in [-0.3, -0.25) is 0 Å². The highest BCUT2D eigenvalue weighted by Gasteiger charge is 2.28. The Morgan fingerprint density at radius 2 is 2.12 bits per heavy atom. The maximum atomic E-state index is 13.0. The highest BCUT2D eigenvalue weighted by molar-refractivity contribution is 7.89. The van der Waals surface area contributed by atoms with Crippen molar-refractivity contribution in [2.24, 2.45) is 5.14 Å². The Bertz CT molecular complexity index is 496. The lowest BCUT2D eigenvalue weighted by Gasteiger charge is -2.28. The monoisotopic (exact) mass is 258 g/mol. The summed E-state index contributed by atoms with van der Waals surface area (Å²) < 4.78 is 35.4. The molecular formula is C11H15FN2O2S. The zero-order valence-electron chi connectivity index (χ0n) is 9.27. The van der Waals surface area contributed by atoms with Gasteiger partial charge in [-0.2, -0.15) is 0 Å². The largest absolute Gasteiger partial charge is 0.309 e. The van der Waals surface area contributed by atoms with E-state index in [-0.39, 0.29) is 11.9 Å². The van der Waals surface area contributed by atoms with Crippen molar-refractivity contribution in [3.63, 3.8) is 0 Å². The van der Waals surface area contributed by atoms with Crippen LogP contribution in [0.25, 0.3) is 0 Å². The molecule has 2 rings (SSSR count). The first-order valence-corrected chi connectivity index (χ1v) is 7.08. The molecule has 4 nitrogen and oxygen atoms in total. The van der Waals surface area contributed by atoms with Crippen molar-refractivity contribution in [3.8, 4) is 0 Å². The summed E-state index contributed by atoms with van der Waals surface area (Å²) in [5, 5.41) is 7.65. The first-order chi connectivity index (χ1) is 7.97. The molecule has 94 valence electrons. The van der Waals surface area contributed by atoms with E-state index in [0.29, 0.717) is 19.4 Å². The Hall–Kier alpha value is -0.980. The average Bonchev–Trinajstić information content (AvgIpc) is 2.28. The van der Waals surface area contributed by atoms with Gasteiger partial charge in [-0.15, -0.1) is 0 Å². The molecule has 17 heavy (non-hydrogen) atoms. The second kappa shape index (κ2) is 4.72. The molecule has 0 amide bonds. The fourth-order valence-corrected chi connectivity index (χ4v) is 2.91. The predicted octanol–water partition coefficient (Wildman–Crippen LogP) is 0.907. The van der Waals surface area contributed by atoms with Crippen LogP contribution in [-0.4, -0.2) is 20.2 Å². The average molecular weight is 258 g/mol. The first-order valence-electron chi connectivity index (χ1n) is 5.47. The van der Waals surface area contributed by atoms with E-state index in [1.165, 1.54) is 12.1 Å². The number of rotatable bonds is 2. The molecule has 6 heteroatoms. The van der Waals surface area contributed by atoms with Crippen molar-refractivity contribution in [1.82, 2.24) is 5.32 Å². The third kappa shape index (κ3) is 3.02. The van der Waals surface area contributed by atoms with Crippen LogP contribution in [0.4, 0.5) is 4.39 Å². The van der Waals surface area contributed by atoms with Crippen LogP contribution in [0.2, 0.25) is 0 Å². The molecule has 0 bridgehead atoms. The quantitative estimate of drug-likeness (QED) is 0.828. The number of piperidine rings is 1. The molecule has 1 aromatic carbocycles. The lowest BCUT2D eigenvalue weighted by molar-refractivity contribution is 0.406. The summed E-state index contributed by atoms with van der Waals surface area (Å²) in [6, 6.07) is 6.34. The molecule has 0 aliphatic carbocycles. The van der Waals surface area contributed by atoms with E-state index in [9.17, 15) is 12.8 Å². The second-order valence-corrected chi connectivity index (χ2v) is 6.15. The van der Waals surface area contributed by atoms with Crippen molar-refractivity contribution in [1.29, 1.82) is 0 Å². The van der Waals surface area contributed by atoms with E-state index in [1.807, 2.05) is 6.07 Å². The number of hydrogen-bond donors (Lipinski definition) is 2. The minimum atomic E-state index is -3.48. The standard InChI is InChI=1S/C11H15FN2O2S/c12-9-3-1-2-8(6-9)11-5-4-10(7-14-11)17(13,15)16/h1-3,6,10-11,14H,4-5,7H2,(H2,13,15,16). The molecule has 1 saturated heterocycles. The molecule has 3 N–H and O–H groups in total. The number of halogens is 1. The van der Waals surface area contributed by atoms with Crippen LogP contribution in [0, 0.1) is 5.82 Å². The van der Waals surface area contributed by atoms with Gasteiger partial charge >= 0.3 is 0 Å². The van der Waals surface area contributed by atoms with Crippen LogP contribution in [0.3, 0.4) is 0 Å². The Kier molecular flexibility index (Phi) is 3.46. The van der Waals surface area contributed by atoms with Gasteiger partial charge in [0.05, 0.1) is 5.25 Å². The molecular weight excluding hydrogens is 243 g/mol.